The number of unbranched alkanes of at least 4 members (excludes halogenated alkanes) is 28. The Hall–Kier alpha value is -1.42. The maximum Gasteiger partial charge on any atom is 0.397 e. The molecule has 0 bridgehead atoms. The Morgan fingerprint density at radius 1 is 0.587 bits per heavy atom. The number of esters is 1. The number of allylic oxidation sites excluding steroid dienone is 4. The van der Waals surface area contributed by atoms with E-state index in [2.05, 4.69) is 42.3 Å². The van der Waals surface area contributed by atoms with Crippen molar-refractivity contribution >= 4 is 16.4 Å². The van der Waals surface area contributed by atoms with Crippen LogP contribution in [0.5, 0.6) is 0 Å². The fourth-order valence-corrected chi connectivity index (χ4v) is 8.41. The Bertz CT molecular complexity index is 1200. The lowest BCUT2D eigenvalue weighted by Crippen LogP contribution is -2.60. The summed E-state index contributed by atoms with van der Waals surface area (Å²) < 4.78 is 59.2. The van der Waals surface area contributed by atoms with Gasteiger partial charge in [0.15, 0.2) is 6.29 Å². The highest BCUT2D eigenvalue weighted by molar-refractivity contribution is 7.80. The van der Waals surface area contributed by atoms with Crippen molar-refractivity contribution in [3.05, 3.63) is 24.3 Å². The Balaban J connectivity index is 2.37. The maximum atomic E-state index is 12.9. The second kappa shape index (κ2) is 42.0. The summed E-state index contributed by atoms with van der Waals surface area (Å²) in [6.07, 6.45) is 39.2. The van der Waals surface area contributed by atoms with Gasteiger partial charge < -0.3 is 34.3 Å². The molecule has 6 unspecified atom stereocenters. The number of hydrogen-bond acceptors (Lipinski definition) is 11. The Morgan fingerprint density at radius 2 is 1.00 bits per heavy atom. The molecule has 63 heavy (non-hydrogen) atoms. The number of hydrogen-bond donors (Lipinski definition) is 4. The van der Waals surface area contributed by atoms with Crippen LogP contribution in [-0.4, -0.2) is 97.5 Å². The van der Waals surface area contributed by atoms with Crippen LogP contribution in [0.4, 0.5) is 0 Å². The van der Waals surface area contributed by atoms with E-state index in [0.29, 0.717) is 13.0 Å². The largest absolute Gasteiger partial charge is 0.457 e. The molecule has 0 aromatic heterocycles. The quantitative estimate of drug-likeness (QED) is 0.0197. The second-order valence-corrected chi connectivity index (χ2v) is 18.8. The van der Waals surface area contributed by atoms with Crippen LogP contribution in [0, 0.1) is 0 Å². The first-order chi connectivity index (χ1) is 30.6. The molecule has 0 aromatic rings. The number of ether oxygens (including phenoxy) is 4. The van der Waals surface area contributed by atoms with Crippen molar-refractivity contribution in [1.82, 2.24) is 0 Å². The Labute approximate surface area is 384 Å². The van der Waals surface area contributed by atoms with E-state index in [9.17, 15) is 33.1 Å². The average Bonchev–Trinajstić information content (AvgIpc) is 3.26. The molecule has 1 saturated heterocycles. The van der Waals surface area contributed by atoms with Crippen molar-refractivity contribution in [2.75, 3.05) is 26.4 Å². The molecule has 6 atom stereocenters. The van der Waals surface area contributed by atoms with E-state index in [1.54, 1.807) is 0 Å². The number of aliphatic hydroxyl groups is 3. The van der Waals surface area contributed by atoms with Crippen LogP contribution < -0.4 is 0 Å². The maximum absolute atomic E-state index is 12.9. The lowest BCUT2D eigenvalue weighted by atomic mass is 9.99. The third-order valence-corrected chi connectivity index (χ3v) is 12.3. The molecule has 4 N–H and O–H groups in total. The van der Waals surface area contributed by atoms with E-state index in [4.69, 9.17) is 18.9 Å². The summed E-state index contributed by atoms with van der Waals surface area (Å²) in [5.74, 6) is -0.402. The molecule has 1 aliphatic heterocycles. The monoisotopic (exact) mass is 919 g/mol. The van der Waals surface area contributed by atoms with Crippen LogP contribution in [0.2, 0.25) is 0 Å². The van der Waals surface area contributed by atoms with Crippen molar-refractivity contribution < 1.29 is 56.2 Å². The standard InChI is InChI=1S/C50H94O12S/c1-3-5-7-9-11-13-15-17-19-21-22-24-26-28-30-32-34-36-38-40-58-42-44(43-59-50-48(54)49(62-63(55,56)57)47(53)45(41-51)61-50)60-46(52)39-37-35-33-31-29-27-25-23-20-18-16-14-12-10-8-6-4-2/h18-21,44-45,47-51,53-54H,3-17,22-43H2,1-2H3,(H,55,56,57)/b20-18-,21-19-. The number of carbonyl (C=O) groups is 1. The van der Waals surface area contributed by atoms with E-state index in [1.807, 2.05) is 0 Å². The summed E-state index contributed by atoms with van der Waals surface area (Å²) in [6.45, 7) is 4.00. The summed E-state index contributed by atoms with van der Waals surface area (Å²) in [6, 6.07) is 0. The molecule has 13 heteroatoms. The minimum absolute atomic E-state index is 0.0350. The van der Waals surface area contributed by atoms with Crippen LogP contribution in [0.25, 0.3) is 0 Å². The third-order valence-electron chi connectivity index (χ3n) is 11.8. The van der Waals surface area contributed by atoms with E-state index >= 15 is 0 Å². The van der Waals surface area contributed by atoms with Gasteiger partial charge in [0, 0.05) is 13.0 Å². The molecule has 0 aliphatic carbocycles. The van der Waals surface area contributed by atoms with Gasteiger partial charge in [-0.1, -0.05) is 179 Å². The topological polar surface area (TPSA) is 178 Å². The van der Waals surface area contributed by atoms with Gasteiger partial charge in [0.1, 0.15) is 30.5 Å². The summed E-state index contributed by atoms with van der Waals surface area (Å²) in [5.41, 5.74) is 0. The Morgan fingerprint density at radius 3 is 1.43 bits per heavy atom. The van der Waals surface area contributed by atoms with E-state index in [-0.39, 0.29) is 19.6 Å². The lowest BCUT2D eigenvalue weighted by Gasteiger charge is -2.41. The van der Waals surface area contributed by atoms with Crippen LogP contribution in [0.3, 0.4) is 0 Å². The third kappa shape index (κ3) is 35.4. The van der Waals surface area contributed by atoms with Gasteiger partial charge in [0.2, 0.25) is 0 Å². The van der Waals surface area contributed by atoms with Crippen LogP contribution in [0.1, 0.15) is 226 Å². The molecule has 372 valence electrons. The van der Waals surface area contributed by atoms with E-state index in [0.717, 1.165) is 44.9 Å². The van der Waals surface area contributed by atoms with Crippen molar-refractivity contribution in [2.24, 2.45) is 0 Å². The van der Waals surface area contributed by atoms with Gasteiger partial charge in [0.05, 0.1) is 19.8 Å². The molecule has 1 aliphatic rings. The smallest absolute Gasteiger partial charge is 0.397 e. The zero-order valence-electron chi connectivity index (χ0n) is 39.9. The van der Waals surface area contributed by atoms with Crippen LogP contribution in [-0.2, 0) is 38.3 Å². The predicted octanol–water partition coefficient (Wildman–Crippen LogP) is 11.6. The van der Waals surface area contributed by atoms with Gasteiger partial charge in [-0.3, -0.25) is 9.35 Å². The van der Waals surface area contributed by atoms with Gasteiger partial charge in [-0.25, -0.2) is 4.18 Å². The fourth-order valence-electron chi connectivity index (χ4n) is 7.90. The highest BCUT2D eigenvalue weighted by Crippen LogP contribution is 2.26. The summed E-state index contributed by atoms with van der Waals surface area (Å²) in [4.78, 5) is 12.9. The molecule has 1 fully saturated rings. The molecule has 0 saturated carbocycles. The van der Waals surface area contributed by atoms with E-state index in [1.165, 1.54) is 154 Å². The zero-order chi connectivity index (χ0) is 46.1. The second-order valence-electron chi connectivity index (χ2n) is 17.8. The summed E-state index contributed by atoms with van der Waals surface area (Å²) in [5, 5.41) is 30.7. The van der Waals surface area contributed by atoms with Gasteiger partial charge in [-0.15, -0.1) is 0 Å². The first-order valence-corrected chi connectivity index (χ1v) is 27.0. The number of carbonyl (C=O) groups excluding carboxylic acids is 1. The van der Waals surface area contributed by atoms with Crippen molar-refractivity contribution in [3.8, 4) is 0 Å². The van der Waals surface area contributed by atoms with Crippen molar-refractivity contribution in [1.29, 1.82) is 0 Å². The molecule has 0 aromatic carbocycles. The van der Waals surface area contributed by atoms with Crippen molar-refractivity contribution in [3.63, 3.8) is 0 Å². The first kappa shape index (κ1) is 59.6. The summed E-state index contributed by atoms with van der Waals surface area (Å²) in [7, 11) is -5.06. The SMILES string of the molecule is CCCCCCCC/C=C\CCCCCCCCCC(=O)OC(COCCCCCCCCCC/C=C\CCCCCCCCC)COC1OC(CO)C(O)C(OS(=O)(=O)O)C1O. The summed E-state index contributed by atoms with van der Waals surface area (Å²) >= 11 is 0. The number of rotatable bonds is 45. The fraction of sp³-hybridized carbons (Fsp3) is 0.900. The normalized spacial score (nSPS) is 20.0. The molecule has 0 radical (unpaired) electrons. The Kier molecular flexibility index (Phi) is 39.7. The van der Waals surface area contributed by atoms with Gasteiger partial charge in [-0.2, -0.15) is 8.42 Å². The van der Waals surface area contributed by atoms with Gasteiger partial charge in [-0.05, 0) is 64.2 Å². The lowest BCUT2D eigenvalue weighted by molar-refractivity contribution is -0.301. The van der Waals surface area contributed by atoms with Crippen molar-refractivity contribution in [2.45, 2.75) is 263 Å². The molecular formula is C50H94O12S. The molecular weight excluding hydrogens is 825 g/mol. The van der Waals surface area contributed by atoms with E-state index < -0.39 is 59.8 Å². The molecule has 0 amide bonds. The minimum Gasteiger partial charge on any atom is -0.457 e. The van der Waals surface area contributed by atoms with Gasteiger partial charge >= 0.3 is 16.4 Å². The van der Waals surface area contributed by atoms with Crippen LogP contribution in [0.15, 0.2) is 24.3 Å². The first-order valence-electron chi connectivity index (χ1n) is 25.6. The number of aliphatic hydroxyl groups excluding tert-OH is 3. The average molecular weight is 919 g/mol. The predicted molar refractivity (Wildman–Crippen MR) is 253 cm³/mol. The van der Waals surface area contributed by atoms with Crippen LogP contribution >= 0.6 is 0 Å². The van der Waals surface area contributed by atoms with Gasteiger partial charge in [0.25, 0.3) is 0 Å². The molecule has 12 nitrogen and oxygen atoms in total. The molecule has 1 heterocycles. The zero-order valence-corrected chi connectivity index (χ0v) is 40.7. The molecule has 0 spiro atoms. The highest BCUT2D eigenvalue weighted by atomic mass is 32.3. The minimum atomic E-state index is -5.06. The highest BCUT2D eigenvalue weighted by Gasteiger charge is 2.48. The molecule has 1 rings (SSSR count).